The lowest BCUT2D eigenvalue weighted by molar-refractivity contribution is -0.120. The Morgan fingerprint density at radius 1 is 1.33 bits per heavy atom. The van der Waals surface area contributed by atoms with Crippen molar-refractivity contribution in [1.82, 2.24) is 10.3 Å². The molecule has 1 aromatic carbocycles. The maximum absolute atomic E-state index is 12.0. The lowest BCUT2D eigenvalue weighted by Crippen LogP contribution is -2.49. The molecule has 3 amide bonds. The van der Waals surface area contributed by atoms with Crippen molar-refractivity contribution in [2.24, 2.45) is 0 Å². The summed E-state index contributed by atoms with van der Waals surface area (Å²) < 4.78 is 0. The Hall–Kier alpha value is -2.69. The number of hydrogen-bond donors (Lipinski definition) is 1. The van der Waals surface area contributed by atoms with Crippen LogP contribution in [0.2, 0.25) is 0 Å². The van der Waals surface area contributed by atoms with Crippen molar-refractivity contribution in [3.05, 3.63) is 42.7 Å². The monoisotopic (exact) mass is 281 g/mol. The molecule has 1 aromatic heterocycles. The minimum atomic E-state index is -0.399. The van der Waals surface area contributed by atoms with Crippen LogP contribution >= 0.6 is 0 Å². The van der Waals surface area contributed by atoms with Crippen molar-refractivity contribution in [2.75, 3.05) is 11.4 Å². The first kappa shape index (κ1) is 13.3. The van der Waals surface area contributed by atoms with Crippen LogP contribution in [0, 0.1) is 0 Å². The second-order valence-corrected chi connectivity index (χ2v) is 5.13. The molecule has 21 heavy (non-hydrogen) atoms. The fourth-order valence-electron chi connectivity index (χ4n) is 2.44. The Balaban J connectivity index is 2.09. The summed E-state index contributed by atoms with van der Waals surface area (Å²) in [6.45, 7) is 6.25. The van der Waals surface area contributed by atoms with E-state index in [1.165, 1.54) is 0 Å². The molecule has 0 spiro atoms. The van der Waals surface area contributed by atoms with E-state index in [2.05, 4.69) is 16.9 Å². The van der Waals surface area contributed by atoms with Crippen molar-refractivity contribution < 1.29 is 9.59 Å². The highest BCUT2D eigenvalue weighted by molar-refractivity contribution is 6.09. The van der Waals surface area contributed by atoms with Gasteiger partial charge in [0.25, 0.3) is 0 Å². The van der Waals surface area contributed by atoms with Gasteiger partial charge < -0.3 is 0 Å². The number of aromatic nitrogens is 1. The molecule has 0 atom stereocenters. The summed E-state index contributed by atoms with van der Waals surface area (Å²) in [4.78, 5) is 29.0. The SMILES string of the molecule is C=C(C)c1ccc2c(N3CCC(=O)NC3=O)cncc2c1. The molecule has 2 heterocycles. The number of carbonyl (C=O) groups excluding carboxylic acids is 2. The van der Waals surface area contributed by atoms with E-state index in [0.29, 0.717) is 18.7 Å². The summed E-state index contributed by atoms with van der Waals surface area (Å²) in [5.74, 6) is -0.242. The Bertz CT molecular complexity index is 767. The number of anilines is 1. The summed E-state index contributed by atoms with van der Waals surface area (Å²) in [7, 11) is 0. The predicted molar refractivity (Wildman–Crippen MR) is 82.0 cm³/mol. The van der Waals surface area contributed by atoms with Gasteiger partial charge in [-0.2, -0.15) is 0 Å². The van der Waals surface area contributed by atoms with Crippen LogP contribution in [0.25, 0.3) is 16.3 Å². The van der Waals surface area contributed by atoms with E-state index >= 15 is 0 Å². The van der Waals surface area contributed by atoms with E-state index < -0.39 is 6.03 Å². The van der Waals surface area contributed by atoms with Crippen molar-refractivity contribution in [3.63, 3.8) is 0 Å². The van der Waals surface area contributed by atoms with E-state index in [9.17, 15) is 9.59 Å². The summed E-state index contributed by atoms with van der Waals surface area (Å²) >= 11 is 0. The number of nitrogens with zero attached hydrogens (tertiary/aromatic N) is 2. The molecular weight excluding hydrogens is 266 g/mol. The van der Waals surface area contributed by atoms with Gasteiger partial charge in [0.2, 0.25) is 5.91 Å². The Kier molecular flexibility index (Phi) is 3.17. The molecule has 0 saturated carbocycles. The molecule has 1 N–H and O–H groups in total. The Morgan fingerprint density at radius 3 is 2.86 bits per heavy atom. The number of nitrogens with one attached hydrogen (secondary N) is 1. The van der Waals surface area contributed by atoms with Gasteiger partial charge in [-0.25, -0.2) is 4.79 Å². The third-order valence-electron chi connectivity index (χ3n) is 3.58. The topological polar surface area (TPSA) is 62.3 Å². The zero-order valence-electron chi connectivity index (χ0n) is 11.7. The smallest absolute Gasteiger partial charge is 0.291 e. The normalized spacial score (nSPS) is 15.2. The highest BCUT2D eigenvalue weighted by Crippen LogP contribution is 2.29. The average molecular weight is 281 g/mol. The van der Waals surface area contributed by atoms with Crippen LogP contribution in [0.3, 0.4) is 0 Å². The highest BCUT2D eigenvalue weighted by atomic mass is 16.2. The number of carbonyl (C=O) groups is 2. The molecule has 1 aliphatic rings. The van der Waals surface area contributed by atoms with Crippen LogP contribution in [0.5, 0.6) is 0 Å². The van der Waals surface area contributed by atoms with Crippen molar-refractivity contribution in [2.45, 2.75) is 13.3 Å². The molecule has 0 radical (unpaired) electrons. The van der Waals surface area contributed by atoms with E-state index in [-0.39, 0.29) is 5.91 Å². The Labute approximate surface area is 122 Å². The molecule has 3 rings (SSSR count). The van der Waals surface area contributed by atoms with Crippen LogP contribution < -0.4 is 10.2 Å². The van der Waals surface area contributed by atoms with Gasteiger partial charge in [0, 0.05) is 29.9 Å². The van der Waals surface area contributed by atoms with Crippen LogP contribution in [-0.4, -0.2) is 23.5 Å². The fourth-order valence-corrected chi connectivity index (χ4v) is 2.44. The molecule has 0 bridgehead atoms. The summed E-state index contributed by atoms with van der Waals surface area (Å²) in [6, 6.07) is 5.53. The van der Waals surface area contributed by atoms with E-state index in [0.717, 1.165) is 21.9 Å². The molecule has 0 aliphatic carbocycles. The van der Waals surface area contributed by atoms with E-state index in [1.54, 1.807) is 17.3 Å². The molecule has 1 fully saturated rings. The van der Waals surface area contributed by atoms with Gasteiger partial charge in [-0.15, -0.1) is 0 Å². The maximum Gasteiger partial charge on any atom is 0.328 e. The van der Waals surface area contributed by atoms with E-state index in [1.807, 2.05) is 25.1 Å². The van der Waals surface area contributed by atoms with Gasteiger partial charge in [0.05, 0.1) is 11.9 Å². The summed E-state index contributed by atoms with van der Waals surface area (Å²) in [5, 5.41) is 4.20. The van der Waals surface area contributed by atoms with E-state index in [4.69, 9.17) is 0 Å². The lowest BCUT2D eigenvalue weighted by Gasteiger charge is -2.27. The van der Waals surface area contributed by atoms with Gasteiger partial charge in [-0.05, 0) is 18.6 Å². The predicted octanol–water partition coefficient (Wildman–Crippen LogP) is 2.71. The molecule has 2 aromatic rings. The molecule has 1 aliphatic heterocycles. The largest absolute Gasteiger partial charge is 0.328 e. The first-order valence-corrected chi connectivity index (χ1v) is 6.71. The lowest BCUT2D eigenvalue weighted by atomic mass is 10.0. The van der Waals surface area contributed by atoms with Crippen molar-refractivity contribution >= 4 is 34.0 Å². The molecule has 1 saturated heterocycles. The first-order chi connectivity index (χ1) is 10.1. The van der Waals surface area contributed by atoms with Gasteiger partial charge in [0.15, 0.2) is 0 Å². The number of hydrogen-bond acceptors (Lipinski definition) is 3. The maximum atomic E-state index is 12.0. The molecular formula is C16H15N3O2. The number of allylic oxidation sites excluding steroid dienone is 1. The average Bonchev–Trinajstić information content (AvgIpc) is 2.46. The first-order valence-electron chi connectivity index (χ1n) is 6.71. The minimum absolute atomic E-state index is 0.242. The third-order valence-corrected chi connectivity index (χ3v) is 3.58. The van der Waals surface area contributed by atoms with Gasteiger partial charge in [-0.1, -0.05) is 24.3 Å². The van der Waals surface area contributed by atoms with Crippen molar-refractivity contribution in [3.8, 4) is 0 Å². The number of urea groups is 1. The zero-order valence-corrected chi connectivity index (χ0v) is 11.7. The highest BCUT2D eigenvalue weighted by Gasteiger charge is 2.25. The second-order valence-electron chi connectivity index (χ2n) is 5.13. The second kappa shape index (κ2) is 5.01. The fraction of sp³-hybridized carbons (Fsp3) is 0.188. The van der Waals surface area contributed by atoms with Crippen LogP contribution in [0.1, 0.15) is 18.9 Å². The van der Waals surface area contributed by atoms with Crippen LogP contribution in [0.15, 0.2) is 37.2 Å². The molecule has 5 heteroatoms. The third kappa shape index (κ3) is 2.38. The summed E-state index contributed by atoms with van der Waals surface area (Å²) in [6.07, 6.45) is 3.71. The van der Waals surface area contributed by atoms with Crippen LogP contribution in [-0.2, 0) is 4.79 Å². The quantitative estimate of drug-likeness (QED) is 0.920. The van der Waals surface area contributed by atoms with Crippen molar-refractivity contribution in [1.29, 1.82) is 0 Å². The van der Waals surface area contributed by atoms with Gasteiger partial charge in [-0.3, -0.25) is 20.0 Å². The number of rotatable bonds is 2. The molecule has 5 nitrogen and oxygen atoms in total. The van der Waals surface area contributed by atoms with Gasteiger partial charge >= 0.3 is 6.03 Å². The standard InChI is InChI=1S/C16H15N3O2/c1-10(2)11-3-4-13-12(7-11)8-17-9-14(13)19-6-5-15(20)18-16(19)21/h3-4,7-9H,1,5-6H2,2H3,(H,18,20,21). The van der Waals surface area contributed by atoms with Crippen LogP contribution in [0.4, 0.5) is 10.5 Å². The summed E-state index contributed by atoms with van der Waals surface area (Å²) in [5.41, 5.74) is 2.73. The number of pyridine rings is 1. The number of imide groups is 1. The number of benzene rings is 1. The van der Waals surface area contributed by atoms with Gasteiger partial charge in [0.1, 0.15) is 0 Å². The number of amides is 3. The Morgan fingerprint density at radius 2 is 2.14 bits per heavy atom. The molecule has 0 unspecified atom stereocenters. The molecule has 106 valence electrons. The zero-order chi connectivity index (χ0) is 15.0. The minimum Gasteiger partial charge on any atom is -0.291 e. The number of fused-ring (bicyclic) bond motifs is 1.